The molecule has 47 heavy (non-hydrogen) atoms. The predicted octanol–water partition coefficient (Wildman–Crippen LogP) is 4.73. The number of nitrogens with two attached hydrogens (primary N) is 1. The minimum Gasteiger partial charge on any atom is -0.504 e. The summed E-state index contributed by atoms with van der Waals surface area (Å²) < 4.78 is 5.60. The van der Waals surface area contributed by atoms with Gasteiger partial charge in [-0.3, -0.25) is 9.59 Å². The van der Waals surface area contributed by atoms with E-state index >= 15 is 0 Å². The summed E-state index contributed by atoms with van der Waals surface area (Å²) in [7, 11) is 1.48. The minimum atomic E-state index is -1.63. The van der Waals surface area contributed by atoms with Crippen LogP contribution in [0.3, 0.4) is 0 Å². The number of nitrogens with one attached hydrogen (secondary N) is 2. The molecule has 9 nitrogen and oxygen atoms in total. The second-order valence-corrected chi connectivity index (χ2v) is 14.2. The van der Waals surface area contributed by atoms with Crippen molar-refractivity contribution in [2.45, 2.75) is 82.7 Å². The third-order valence-electron chi connectivity index (χ3n) is 11.3. The molecule has 3 aliphatic carbocycles. The molecular formula is C38H49N3O6. The fourth-order valence-electron chi connectivity index (χ4n) is 8.76. The number of carbonyl (C=O) groups is 2. The Morgan fingerprint density at radius 1 is 1.13 bits per heavy atom. The predicted molar refractivity (Wildman–Crippen MR) is 180 cm³/mol. The Labute approximate surface area is 277 Å². The van der Waals surface area contributed by atoms with Gasteiger partial charge in [0, 0.05) is 53.7 Å². The highest BCUT2D eigenvalue weighted by Gasteiger charge is 2.45. The fourth-order valence-corrected chi connectivity index (χ4v) is 8.76. The first-order chi connectivity index (χ1) is 22.7. The molecule has 0 saturated heterocycles. The van der Waals surface area contributed by atoms with E-state index in [0.717, 1.165) is 42.0 Å². The van der Waals surface area contributed by atoms with E-state index < -0.39 is 23.2 Å². The highest BCUT2D eigenvalue weighted by molar-refractivity contribution is 6.05. The van der Waals surface area contributed by atoms with Gasteiger partial charge >= 0.3 is 0 Å². The Bertz CT molecular complexity index is 1560. The molecule has 2 aromatic rings. The number of ether oxygens (including phenoxy) is 1. The summed E-state index contributed by atoms with van der Waals surface area (Å²) in [6, 6.07) is 7.42. The van der Waals surface area contributed by atoms with Crippen molar-refractivity contribution in [2.75, 3.05) is 20.3 Å². The van der Waals surface area contributed by atoms with E-state index in [1.165, 1.54) is 32.8 Å². The van der Waals surface area contributed by atoms with Crippen molar-refractivity contribution in [1.29, 1.82) is 0 Å². The smallest absolute Gasteiger partial charge is 0.170 e. The Hall–Kier alpha value is -3.82. The lowest BCUT2D eigenvalue weighted by atomic mass is 9.61. The Morgan fingerprint density at radius 3 is 2.68 bits per heavy atom. The van der Waals surface area contributed by atoms with Crippen molar-refractivity contribution in [2.24, 2.45) is 28.9 Å². The first kappa shape index (κ1) is 33.1. The van der Waals surface area contributed by atoms with E-state index in [1.54, 1.807) is 6.07 Å². The lowest BCUT2D eigenvalue weighted by Gasteiger charge is -2.43. The number of aliphatic hydroxyl groups is 2. The van der Waals surface area contributed by atoms with Gasteiger partial charge in [0.15, 0.2) is 29.2 Å². The molecule has 252 valence electrons. The van der Waals surface area contributed by atoms with Gasteiger partial charge in [-0.1, -0.05) is 50.0 Å². The molecule has 1 aliphatic heterocycles. The summed E-state index contributed by atoms with van der Waals surface area (Å²) in [6.07, 6.45) is 15.4. The summed E-state index contributed by atoms with van der Waals surface area (Å²) in [6.45, 7) is 0.297. The van der Waals surface area contributed by atoms with Crippen molar-refractivity contribution < 1.29 is 29.6 Å². The molecule has 7 N–H and O–H groups in total. The van der Waals surface area contributed by atoms with Crippen LogP contribution in [0.15, 0.2) is 65.7 Å². The van der Waals surface area contributed by atoms with Gasteiger partial charge in [-0.05, 0) is 79.2 Å². The maximum absolute atomic E-state index is 13.2. The number of phenolic OH excluding ortho intramolecular Hbond substituents is 1. The molecule has 1 aromatic heterocycles. The molecule has 4 aliphatic rings. The Morgan fingerprint density at radius 2 is 1.94 bits per heavy atom. The molecule has 0 spiro atoms. The van der Waals surface area contributed by atoms with Crippen molar-refractivity contribution in [3.8, 4) is 11.5 Å². The van der Waals surface area contributed by atoms with Crippen molar-refractivity contribution in [1.82, 2.24) is 10.3 Å². The summed E-state index contributed by atoms with van der Waals surface area (Å²) in [5.41, 5.74) is 9.43. The molecule has 6 atom stereocenters. The summed E-state index contributed by atoms with van der Waals surface area (Å²) in [4.78, 5) is 29.4. The first-order valence-corrected chi connectivity index (χ1v) is 17.2. The molecule has 2 saturated carbocycles. The van der Waals surface area contributed by atoms with E-state index in [0.29, 0.717) is 35.8 Å². The number of carbonyl (C=O) groups excluding carboxylic acids is 2. The van der Waals surface area contributed by atoms with Crippen LogP contribution in [-0.4, -0.2) is 58.2 Å². The second kappa shape index (κ2) is 14.1. The lowest BCUT2D eigenvalue weighted by molar-refractivity contribution is -0.139. The SMILES string of the molecule is COc1cc(CCC(=O)C(O)C(=O)CC2CCC3CCCCC3C2)cc(C2C3=CCNC(N)=C3C=CC2(CO)Cc2ccc[nH]2)c1O. The van der Waals surface area contributed by atoms with Crippen LogP contribution in [0.5, 0.6) is 11.5 Å². The maximum atomic E-state index is 13.2. The number of allylic oxidation sites excluding steroid dienone is 3. The average molecular weight is 644 g/mol. The number of hydrogen-bond acceptors (Lipinski definition) is 8. The van der Waals surface area contributed by atoms with Crippen molar-refractivity contribution >= 4 is 11.6 Å². The Kier molecular flexibility index (Phi) is 9.94. The van der Waals surface area contributed by atoms with Crippen LogP contribution in [0.25, 0.3) is 0 Å². The van der Waals surface area contributed by atoms with Gasteiger partial charge in [-0.2, -0.15) is 0 Å². The zero-order valence-corrected chi connectivity index (χ0v) is 27.3. The van der Waals surface area contributed by atoms with E-state index in [1.807, 2.05) is 42.6 Å². The van der Waals surface area contributed by atoms with Crippen LogP contribution in [0.4, 0.5) is 0 Å². The number of phenols is 1. The molecule has 9 heteroatoms. The van der Waals surface area contributed by atoms with Crippen LogP contribution < -0.4 is 15.8 Å². The number of aromatic hydroxyl groups is 1. The van der Waals surface area contributed by atoms with E-state index in [-0.39, 0.29) is 49.1 Å². The van der Waals surface area contributed by atoms with Gasteiger partial charge in [0.1, 0.15) is 5.82 Å². The number of aromatic nitrogens is 1. The summed E-state index contributed by atoms with van der Waals surface area (Å²) >= 11 is 0. The normalized spacial score (nSPS) is 27.7. The molecule has 0 amide bonds. The van der Waals surface area contributed by atoms with Gasteiger partial charge in [0.25, 0.3) is 0 Å². The lowest BCUT2D eigenvalue weighted by Crippen LogP contribution is -2.40. The average Bonchev–Trinajstić information content (AvgIpc) is 3.60. The molecular weight excluding hydrogens is 594 g/mol. The van der Waals surface area contributed by atoms with Gasteiger partial charge in [0.05, 0.1) is 13.7 Å². The van der Waals surface area contributed by atoms with Crippen molar-refractivity contribution in [3.63, 3.8) is 0 Å². The van der Waals surface area contributed by atoms with Gasteiger partial charge in [-0.15, -0.1) is 0 Å². The number of aromatic amines is 1. The fraction of sp³-hybridized carbons (Fsp3) is 0.526. The number of H-pyrrole nitrogens is 1. The van der Waals surface area contributed by atoms with Gasteiger partial charge < -0.3 is 36.1 Å². The van der Waals surface area contributed by atoms with Gasteiger partial charge in [0.2, 0.25) is 0 Å². The van der Waals surface area contributed by atoms with Crippen LogP contribution in [0, 0.1) is 23.2 Å². The van der Waals surface area contributed by atoms with E-state index in [2.05, 4.69) is 10.3 Å². The minimum absolute atomic E-state index is 0.0292. The van der Waals surface area contributed by atoms with Crippen LogP contribution >= 0.6 is 0 Å². The number of hydrogen-bond donors (Lipinski definition) is 6. The molecule has 0 radical (unpaired) electrons. The third-order valence-corrected chi connectivity index (χ3v) is 11.3. The highest BCUT2D eigenvalue weighted by Crippen LogP contribution is 2.54. The third kappa shape index (κ3) is 6.79. The molecule has 6 rings (SSSR count). The number of aryl methyl sites for hydroxylation is 1. The molecule has 2 fully saturated rings. The summed E-state index contributed by atoms with van der Waals surface area (Å²) in [5, 5.41) is 36.5. The first-order valence-electron chi connectivity index (χ1n) is 17.2. The number of fused-ring (bicyclic) bond motifs is 2. The maximum Gasteiger partial charge on any atom is 0.170 e. The van der Waals surface area contributed by atoms with Crippen LogP contribution in [0.2, 0.25) is 0 Å². The van der Waals surface area contributed by atoms with Crippen molar-refractivity contribution in [3.05, 3.63) is 82.5 Å². The molecule has 0 bridgehead atoms. The second-order valence-electron chi connectivity index (χ2n) is 14.2. The molecule has 1 aromatic carbocycles. The summed E-state index contributed by atoms with van der Waals surface area (Å²) in [5.74, 6) is 1.05. The number of Topliss-reactive ketones (excluding diaryl/α,β-unsaturated/α-hetero) is 2. The monoisotopic (exact) mass is 643 g/mol. The molecule has 6 unspecified atom stereocenters. The van der Waals surface area contributed by atoms with E-state index in [4.69, 9.17) is 10.5 Å². The largest absolute Gasteiger partial charge is 0.504 e. The number of benzene rings is 1. The Balaban J connectivity index is 1.22. The topological polar surface area (TPSA) is 158 Å². The zero-order chi connectivity index (χ0) is 33.1. The zero-order valence-electron chi connectivity index (χ0n) is 27.3. The number of methoxy groups -OCH3 is 1. The quantitative estimate of drug-likeness (QED) is 0.181. The highest BCUT2D eigenvalue weighted by atomic mass is 16.5. The van der Waals surface area contributed by atoms with Crippen LogP contribution in [0.1, 0.15) is 80.5 Å². The van der Waals surface area contributed by atoms with Crippen LogP contribution in [-0.2, 0) is 22.4 Å². The van der Waals surface area contributed by atoms with Gasteiger partial charge in [-0.25, -0.2) is 0 Å². The number of dihydropyridines is 1. The molecule has 2 heterocycles. The number of ketones is 2. The van der Waals surface area contributed by atoms with E-state index in [9.17, 15) is 24.9 Å². The number of rotatable bonds is 12. The standard InChI is InChI=1S/C38H49N3O6/c1-47-33-20-24(9-11-31(43)36(46)32(44)19-23-8-10-25-5-2-3-6-26(25)17-23)18-30(35(33)45)34-28-13-16-41-37(39)29(28)12-14-38(34,22-42)21-27-7-4-15-40-27/h4,7,12-15,18,20,23,25-26,34,36,40-42,45-46H,2-3,5-6,8-11,16-17,19,21-22,39H2,1H3. The number of aliphatic hydroxyl groups excluding tert-OH is 2.